The Balaban J connectivity index is 2.09. The molecule has 132 valence electrons. The van der Waals surface area contributed by atoms with E-state index in [-0.39, 0.29) is 25.3 Å². The predicted octanol–water partition coefficient (Wildman–Crippen LogP) is 0.355. The van der Waals surface area contributed by atoms with Gasteiger partial charge in [0.15, 0.2) is 5.69 Å². The number of H-pyrrole nitrogens is 1. The highest BCUT2D eigenvalue weighted by Gasteiger charge is 2.17. The average Bonchev–Trinajstić information content (AvgIpc) is 2.56. The highest BCUT2D eigenvalue weighted by Crippen LogP contribution is 2.09. The maximum Gasteiger partial charge on any atom is 0.404 e. The van der Waals surface area contributed by atoms with E-state index < -0.39 is 34.8 Å². The molecule has 0 bridgehead atoms. The zero-order valence-corrected chi connectivity index (χ0v) is 12.9. The Morgan fingerprint density at radius 3 is 2.52 bits per heavy atom. The number of hydrogen-bond donors (Lipinski definition) is 5. The molecule has 2 amide bonds. The molecule has 1 aromatic heterocycles. The van der Waals surface area contributed by atoms with Gasteiger partial charge in [-0.1, -0.05) is 12.1 Å². The third-order valence-corrected chi connectivity index (χ3v) is 3.16. The van der Waals surface area contributed by atoms with E-state index in [0.717, 1.165) is 0 Å². The molecule has 1 heterocycles. The van der Waals surface area contributed by atoms with Gasteiger partial charge in [-0.2, -0.15) is 0 Å². The molecular formula is C15H15FN4O5. The number of nitrogens with zero attached hydrogens (tertiary/aromatic N) is 1. The molecule has 0 radical (unpaired) electrons. The van der Waals surface area contributed by atoms with Crippen LogP contribution < -0.4 is 16.2 Å². The molecule has 25 heavy (non-hydrogen) atoms. The lowest BCUT2D eigenvalue weighted by atomic mass is 10.2. The second-order valence-corrected chi connectivity index (χ2v) is 5.00. The van der Waals surface area contributed by atoms with E-state index in [2.05, 4.69) is 20.6 Å². The number of aromatic hydroxyl groups is 1. The summed E-state index contributed by atoms with van der Waals surface area (Å²) in [7, 11) is 0. The van der Waals surface area contributed by atoms with Gasteiger partial charge in [0.1, 0.15) is 11.6 Å². The number of carboxylic acid groups (broad SMARTS) is 1. The maximum atomic E-state index is 12.8. The van der Waals surface area contributed by atoms with Gasteiger partial charge in [-0.3, -0.25) is 9.59 Å². The van der Waals surface area contributed by atoms with Crippen molar-refractivity contribution in [3.8, 4) is 5.75 Å². The third-order valence-electron chi connectivity index (χ3n) is 3.16. The van der Waals surface area contributed by atoms with Crippen LogP contribution in [-0.4, -0.2) is 38.7 Å². The lowest BCUT2D eigenvalue weighted by Crippen LogP contribution is -2.28. The van der Waals surface area contributed by atoms with Crippen LogP contribution in [0.5, 0.6) is 5.75 Å². The summed E-state index contributed by atoms with van der Waals surface area (Å²) in [5, 5.41) is 22.8. The first kappa shape index (κ1) is 17.9. The van der Waals surface area contributed by atoms with E-state index in [9.17, 15) is 23.9 Å². The van der Waals surface area contributed by atoms with E-state index in [0.29, 0.717) is 5.56 Å². The predicted molar refractivity (Wildman–Crippen MR) is 83.8 cm³/mol. The summed E-state index contributed by atoms with van der Waals surface area (Å²) in [4.78, 5) is 40.3. The zero-order valence-electron chi connectivity index (χ0n) is 12.9. The van der Waals surface area contributed by atoms with Crippen molar-refractivity contribution >= 4 is 12.0 Å². The van der Waals surface area contributed by atoms with Crippen molar-refractivity contribution in [2.45, 2.75) is 13.0 Å². The molecule has 0 aliphatic carbocycles. The van der Waals surface area contributed by atoms with Crippen LogP contribution in [0.3, 0.4) is 0 Å². The number of aromatic amines is 1. The highest BCUT2D eigenvalue weighted by molar-refractivity contribution is 5.94. The van der Waals surface area contributed by atoms with Gasteiger partial charge in [-0.25, -0.2) is 14.2 Å². The highest BCUT2D eigenvalue weighted by atomic mass is 19.1. The molecule has 5 N–H and O–H groups in total. The molecule has 2 aromatic rings. The molecule has 10 heteroatoms. The van der Waals surface area contributed by atoms with Crippen LogP contribution in [0.25, 0.3) is 0 Å². The van der Waals surface area contributed by atoms with E-state index in [1.54, 1.807) is 0 Å². The van der Waals surface area contributed by atoms with Gasteiger partial charge in [0.05, 0.1) is 0 Å². The Morgan fingerprint density at radius 1 is 1.20 bits per heavy atom. The first-order valence-electron chi connectivity index (χ1n) is 7.18. The maximum absolute atomic E-state index is 12.8. The van der Waals surface area contributed by atoms with Crippen molar-refractivity contribution in [2.24, 2.45) is 0 Å². The SMILES string of the molecule is O=C(O)NCCc1nc(C(=O)NCc2ccc(F)cc2)c(O)c(=O)[nH]1. The van der Waals surface area contributed by atoms with Crippen LogP contribution in [-0.2, 0) is 13.0 Å². The van der Waals surface area contributed by atoms with Gasteiger partial charge >= 0.3 is 6.09 Å². The number of aromatic nitrogens is 2. The molecule has 0 saturated carbocycles. The molecule has 9 nitrogen and oxygen atoms in total. The van der Waals surface area contributed by atoms with Gasteiger partial charge in [0.25, 0.3) is 11.5 Å². The minimum atomic E-state index is -1.24. The lowest BCUT2D eigenvalue weighted by Gasteiger charge is -2.08. The summed E-state index contributed by atoms with van der Waals surface area (Å²) in [6, 6.07) is 5.42. The molecule has 0 fully saturated rings. The molecule has 0 spiro atoms. The largest absolute Gasteiger partial charge is 0.501 e. The van der Waals surface area contributed by atoms with Gasteiger partial charge < -0.3 is 25.8 Å². The number of carbonyl (C=O) groups is 2. The van der Waals surface area contributed by atoms with Gasteiger partial charge in [-0.15, -0.1) is 0 Å². The van der Waals surface area contributed by atoms with Crippen LogP contribution in [0, 0.1) is 5.82 Å². The summed E-state index contributed by atoms with van der Waals surface area (Å²) >= 11 is 0. The molecular weight excluding hydrogens is 335 g/mol. The van der Waals surface area contributed by atoms with Crippen LogP contribution in [0.2, 0.25) is 0 Å². The van der Waals surface area contributed by atoms with Crippen LogP contribution in [0.4, 0.5) is 9.18 Å². The standard InChI is InChI=1S/C15H15FN4O5/c16-9-3-1-8(2-4-9)7-18-13(22)11-12(21)14(23)20-10(19-11)5-6-17-15(24)25/h1-4,17,21H,5-7H2,(H,18,22)(H,24,25)(H,19,20,23). The fourth-order valence-electron chi connectivity index (χ4n) is 1.95. The second kappa shape index (κ2) is 7.90. The normalized spacial score (nSPS) is 10.3. The van der Waals surface area contributed by atoms with E-state index in [1.165, 1.54) is 24.3 Å². The number of rotatable bonds is 6. The number of carbonyl (C=O) groups excluding carboxylic acids is 1. The van der Waals surface area contributed by atoms with Crippen LogP contribution in [0.1, 0.15) is 21.9 Å². The lowest BCUT2D eigenvalue weighted by molar-refractivity contribution is 0.0942. The molecule has 0 aliphatic heterocycles. The van der Waals surface area contributed by atoms with Gasteiger partial charge in [0, 0.05) is 19.5 Å². The van der Waals surface area contributed by atoms with Crippen molar-refractivity contribution in [3.05, 3.63) is 57.5 Å². The Morgan fingerprint density at radius 2 is 1.88 bits per heavy atom. The first-order chi connectivity index (χ1) is 11.9. The smallest absolute Gasteiger partial charge is 0.404 e. The van der Waals surface area contributed by atoms with Crippen LogP contribution in [0.15, 0.2) is 29.1 Å². The van der Waals surface area contributed by atoms with Gasteiger partial charge in [-0.05, 0) is 17.7 Å². The van der Waals surface area contributed by atoms with E-state index >= 15 is 0 Å². The first-order valence-corrected chi connectivity index (χ1v) is 7.18. The zero-order chi connectivity index (χ0) is 18.4. The van der Waals surface area contributed by atoms with Crippen molar-refractivity contribution in [2.75, 3.05) is 6.54 Å². The third kappa shape index (κ3) is 5.03. The summed E-state index contributed by atoms with van der Waals surface area (Å²) in [5.74, 6) is -2.00. The fourth-order valence-corrected chi connectivity index (χ4v) is 1.95. The Labute approximate surface area is 140 Å². The number of halogens is 1. The fraction of sp³-hybridized carbons (Fsp3) is 0.200. The number of nitrogens with one attached hydrogen (secondary N) is 3. The summed E-state index contributed by atoms with van der Waals surface area (Å²) < 4.78 is 12.8. The number of amides is 2. The molecule has 0 aliphatic rings. The Kier molecular flexibility index (Phi) is 5.66. The molecule has 0 unspecified atom stereocenters. The topological polar surface area (TPSA) is 144 Å². The second-order valence-electron chi connectivity index (χ2n) is 5.00. The van der Waals surface area contributed by atoms with Gasteiger partial charge in [0.2, 0.25) is 5.75 Å². The monoisotopic (exact) mass is 350 g/mol. The number of benzene rings is 1. The minimum absolute atomic E-state index is 0.0278. The minimum Gasteiger partial charge on any atom is -0.501 e. The molecule has 1 aromatic carbocycles. The Bertz CT molecular complexity index is 835. The quantitative estimate of drug-likeness (QED) is 0.508. The van der Waals surface area contributed by atoms with E-state index in [4.69, 9.17) is 5.11 Å². The molecule has 2 rings (SSSR count). The van der Waals surface area contributed by atoms with Crippen molar-refractivity contribution in [3.63, 3.8) is 0 Å². The summed E-state index contributed by atoms with van der Waals surface area (Å²) in [6.45, 7) is 0.0165. The number of hydrogen-bond acceptors (Lipinski definition) is 5. The van der Waals surface area contributed by atoms with E-state index in [1.807, 2.05) is 0 Å². The summed E-state index contributed by atoms with van der Waals surface area (Å²) in [5.41, 5.74) is -0.770. The molecule has 0 atom stereocenters. The average molecular weight is 350 g/mol. The van der Waals surface area contributed by atoms with Crippen LogP contribution >= 0.6 is 0 Å². The van der Waals surface area contributed by atoms with Crippen molar-refractivity contribution in [1.29, 1.82) is 0 Å². The molecule has 0 saturated heterocycles. The Hall–Kier alpha value is -3.43. The van der Waals surface area contributed by atoms with Crippen molar-refractivity contribution < 1.29 is 24.2 Å². The van der Waals surface area contributed by atoms with Crippen molar-refractivity contribution in [1.82, 2.24) is 20.6 Å². The summed E-state index contributed by atoms with van der Waals surface area (Å²) in [6.07, 6.45) is -1.21.